The van der Waals surface area contributed by atoms with Crippen LogP contribution in [0.25, 0.3) is 0 Å². The molecule has 3 amide bonds. The van der Waals surface area contributed by atoms with Crippen LogP contribution in [-0.2, 0) is 9.59 Å². The summed E-state index contributed by atoms with van der Waals surface area (Å²) in [5.41, 5.74) is 0. The van der Waals surface area contributed by atoms with Crippen LogP contribution in [0.4, 0.5) is 4.79 Å². The number of urea groups is 1. The molecule has 112 valence electrons. The van der Waals surface area contributed by atoms with Crippen molar-refractivity contribution in [2.75, 3.05) is 26.2 Å². The summed E-state index contributed by atoms with van der Waals surface area (Å²) < 4.78 is 0. The van der Waals surface area contributed by atoms with E-state index in [9.17, 15) is 14.4 Å². The van der Waals surface area contributed by atoms with Crippen LogP contribution in [0.1, 0.15) is 19.8 Å². The Bertz CT molecular complexity index is 389. The molecule has 0 saturated carbocycles. The smallest absolute Gasteiger partial charge is 0.323 e. The summed E-state index contributed by atoms with van der Waals surface area (Å²) in [5, 5.41) is 11.6. The van der Waals surface area contributed by atoms with Crippen molar-refractivity contribution < 1.29 is 19.5 Å². The summed E-state index contributed by atoms with van der Waals surface area (Å²) in [7, 11) is 0. The molecule has 7 nitrogen and oxygen atoms in total. The van der Waals surface area contributed by atoms with E-state index < -0.39 is 5.97 Å². The Labute approximate surface area is 118 Å². The van der Waals surface area contributed by atoms with Crippen LogP contribution >= 0.6 is 0 Å². The predicted octanol–water partition coefficient (Wildman–Crippen LogP) is 0.280. The predicted molar refractivity (Wildman–Crippen MR) is 73.2 cm³/mol. The molecule has 7 heteroatoms. The third-order valence-electron chi connectivity index (χ3n) is 3.12. The molecular formula is C13H21N3O4. The average Bonchev–Trinajstić information content (AvgIpc) is 2.37. The minimum Gasteiger partial charge on any atom is -0.480 e. The van der Waals surface area contributed by atoms with Gasteiger partial charge in [0, 0.05) is 32.6 Å². The van der Waals surface area contributed by atoms with Gasteiger partial charge in [0.15, 0.2) is 0 Å². The lowest BCUT2D eigenvalue weighted by Crippen LogP contribution is -2.51. The summed E-state index contributed by atoms with van der Waals surface area (Å²) >= 11 is 0. The lowest BCUT2D eigenvalue weighted by Gasteiger charge is -2.35. The zero-order valence-electron chi connectivity index (χ0n) is 11.7. The first-order valence-electron chi connectivity index (χ1n) is 6.57. The number of nitrogens with zero attached hydrogens (tertiary/aromatic N) is 2. The number of carboxylic acids is 1. The topological polar surface area (TPSA) is 90.0 Å². The van der Waals surface area contributed by atoms with Gasteiger partial charge in [-0.3, -0.25) is 9.59 Å². The van der Waals surface area contributed by atoms with Crippen molar-refractivity contribution >= 4 is 17.9 Å². The summed E-state index contributed by atoms with van der Waals surface area (Å²) in [6, 6.07) is -0.211. The fourth-order valence-corrected chi connectivity index (χ4v) is 2.23. The molecule has 0 spiro atoms. The quantitative estimate of drug-likeness (QED) is 0.709. The molecule has 1 heterocycles. The van der Waals surface area contributed by atoms with Crippen LogP contribution in [0.2, 0.25) is 0 Å². The molecule has 0 radical (unpaired) electrons. The Hall–Kier alpha value is -2.05. The lowest BCUT2D eigenvalue weighted by molar-refractivity contribution is -0.137. The van der Waals surface area contributed by atoms with Gasteiger partial charge in [-0.1, -0.05) is 6.08 Å². The summed E-state index contributed by atoms with van der Waals surface area (Å²) in [4.78, 5) is 36.8. The molecule has 20 heavy (non-hydrogen) atoms. The maximum atomic E-state index is 12.2. The number of carboxylic acid groups (broad SMARTS) is 1. The van der Waals surface area contributed by atoms with E-state index in [2.05, 4.69) is 11.9 Å². The molecule has 0 aromatic heterocycles. The van der Waals surface area contributed by atoms with Crippen molar-refractivity contribution in [1.82, 2.24) is 15.1 Å². The van der Waals surface area contributed by atoms with E-state index in [1.807, 2.05) is 0 Å². The Morgan fingerprint density at radius 3 is 2.45 bits per heavy atom. The number of nitrogens with one attached hydrogen (secondary N) is 1. The van der Waals surface area contributed by atoms with Crippen LogP contribution < -0.4 is 5.32 Å². The number of aliphatic carboxylic acids is 1. The zero-order chi connectivity index (χ0) is 15.1. The number of hydrogen-bond donors (Lipinski definition) is 2. The number of piperidine rings is 1. The molecule has 1 aliphatic rings. The standard InChI is InChI=1S/C13H21N3O4/c1-3-6-16(9-12(18)19)13(20)15-7-4-11(5-8-15)14-10(2)17/h3,11H,1,4-9H2,2H3,(H,14,17)(H,18,19). The van der Waals surface area contributed by atoms with Crippen molar-refractivity contribution in [2.24, 2.45) is 0 Å². The second kappa shape index (κ2) is 7.52. The minimum atomic E-state index is -1.05. The molecule has 0 unspecified atom stereocenters. The van der Waals surface area contributed by atoms with E-state index in [4.69, 9.17) is 5.11 Å². The van der Waals surface area contributed by atoms with Gasteiger partial charge >= 0.3 is 12.0 Å². The highest BCUT2D eigenvalue weighted by Gasteiger charge is 2.27. The van der Waals surface area contributed by atoms with E-state index in [-0.39, 0.29) is 31.1 Å². The molecule has 2 N–H and O–H groups in total. The second-order valence-electron chi connectivity index (χ2n) is 4.81. The Morgan fingerprint density at radius 2 is 2.00 bits per heavy atom. The van der Waals surface area contributed by atoms with E-state index >= 15 is 0 Å². The Balaban J connectivity index is 2.53. The first kappa shape index (κ1) is 16.0. The van der Waals surface area contributed by atoms with E-state index in [1.165, 1.54) is 17.9 Å². The van der Waals surface area contributed by atoms with Gasteiger partial charge in [0.05, 0.1) is 0 Å². The molecule has 1 rings (SSSR count). The van der Waals surface area contributed by atoms with Gasteiger partial charge in [0.25, 0.3) is 0 Å². The summed E-state index contributed by atoms with van der Waals surface area (Å²) in [6.07, 6.45) is 2.87. The molecule has 0 aromatic rings. The summed E-state index contributed by atoms with van der Waals surface area (Å²) in [6.45, 7) is 5.89. The molecule has 0 bridgehead atoms. The van der Waals surface area contributed by atoms with E-state index in [1.54, 1.807) is 4.90 Å². The fraction of sp³-hybridized carbons (Fsp3) is 0.615. The number of likely N-dealkylation sites (tertiary alicyclic amines) is 1. The molecule has 0 aliphatic carbocycles. The molecule has 1 fully saturated rings. The SMILES string of the molecule is C=CCN(CC(=O)O)C(=O)N1CCC(NC(C)=O)CC1. The Kier molecular flexibility index (Phi) is 6.02. The normalized spacial score (nSPS) is 15.6. The van der Waals surface area contributed by atoms with Gasteiger partial charge in [0.1, 0.15) is 6.54 Å². The largest absolute Gasteiger partial charge is 0.480 e. The maximum absolute atomic E-state index is 12.2. The van der Waals surface area contributed by atoms with E-state index in [0.717, 1.165) is 0 Å². The molecule has 1 saturated heterocycles. The second-order valence-corrected chi connectivity index (χ2v) is 4.81. The molecule has 0 aromatic carbocycles. The third kappa shape index (κ3) is 4.91. The van der Waals surface area contributed by atoms with Crippen molar-refractivity contribution in [3.05, 3.63) is 12.7 Å². The van der Waals surface area contributed by atoms with Crippen LogP contribution in [0.15, 0.2) is 12.7 Å². The monoisotopic (exact) mass is 283 g/mol. The first-order chi connectivity index (χ1) is 9.43. The Morgan fingerprint density at radius 1 is 1.40 bits per heavy atom. The van der Waals surface area contributed by atoms with Crippen molar-refractivity contribution in [1.29, 1.82) is 0 Å². The average molecular weight is 283 g/mol. The van der Waals surface area contributed by atoms with Gasteiger partial charge in [0.2, 0.25) is 5.91 Å². The van der Waals surface area contributed by atoms with E-state index in [0.29, 0.717) is 25.9 Å². The van der Waals surface area contributed by atoms with Gasteiger partial charge in [-0.15, -0.1) is 6.58 Å². The lowest BCUT2D eigenvalue weighted by atomic mass is 10.1. The van der Waals surface area contributed by atoms with Crippen LogP contribution in [0.3, 0.4) is 0 Å². The number of amides is 3. The number of carbonyl (C=O) groups is 3. The number of rotatable bonds is 5. The highest BCUT2D eigenvalue weighted by Crippen LogP contribution is 2.12. The highest BCUT2D eigenvalue weighted by atomic mass is 16.4. The molecule has 1 aliphatic heterocycles. The molecule has 0 atom stereocenters. The van der Waals surface area contributed by atoms with Gasteiger partial charge < -0.3 is 20.2 Å². The number of carbonyl (C=O) groups excluding carboxylic acids is 2. The summed E-state index contributed by atoms with van der Waals surface area (Å²) in [5.74, 6) is -1.12. The third-order valence-corrected chi connectivity index (χ3v) is 3.12. The molecular weight excluding hydrogens is 262 g/mol. The van der Waals surface area contributed by atoms with Gasteiger partial charge in [-0.25, -0.2) is 4.79 Å². The fourth-order valence-electron chi connectivity index (χ4n) is 2.23. The van der Waals surface area contributed by atoms with Crippen LogP contribution in [0, 0.1) is 0 Å². The highest BCUT2D eigenvalue weighted by molar-refractivity contribution is 5.80. The van der Waals surface area contributed by atoms with Crippen LogP contribution in [0.5, 0.6) is 0 Å². The van der Waals surface area contributed by atoms with Crippen molar-refractivity contribution in [2.45, 2.75) is 25.8 Å². The first-order valence-corrected chi connectivity index (χ1v) is 6.57. The van der Waals surface area contributed by atoms with Crippen molar-refractivity contribution in [3.63, 3.8) is 0 Å². The number of hydrogen-bond acceptors (Lipinski definition) is 3. The maximum Gasteiger partial charge on any atom is 0.323 e. The van der Waals surface area contributed by atoms with Crippen LogP contribution in [-0.4, -0.2) is 65.0 Å². The van der Waals surface area contributed by atoms with Crippen molar-refractivity contribution in [3.8, 4) is 0 Å². The van der Waals surface area contributed by atoms with Gasteiger partial charge in [-0.05, 0) is 12.8 Å². The zero-order valence-corrected chi connectivity index (χ0v) is 11.7. The minimum absolute atomic E-state index is 0.0751. The van der Waals surface area contributed by atoms with Gasteiger partial charge in [-0.2, -0.15) is 0 Å².